The van der Waals surface area contributed by atoms with E-state index in [4.69, 9.17) is 21.1 Å². The summed E-state index contributed by atoms with van der Waals surface area (Å²) in [5.41, 5.74) is 1.32. The third kappa shape index (κ3) is 3.98. The van der Waals surface area contributed by atoms with Crippen molar-refractivity contribution in [2.24, 2.45) is 0 Å². The van der Waals surface area contributed by atoms with Crippen molar-refractivity contribution in [2.45, 2.75) is 37.1 Å². The minimum atomic E-state index is -0.551. The van der Waals surface area contributed by atoms with Gasteiger partial charge in [-0.05, 0) is 48.7 Å². The van der Waals surface area contributed by atoms with Gasteiger partial charge in [0, 0.05) is 36.6 Å². The van der Waals surface area contributed by atoms with Gasteiger partial charge in [-0.3, -0.25) is 0 Å². The van der Waals surface area contributed by atoms with Gasteiger partial charge in [-0.1, -0.05) is 23.7 Å². The molecule has 2 atom stereocenters. The Bertz CT molecular complexity index is 818. The maximum atomic E-state index is 10.7. The Labute approximate surface area is 170 Å². The summed E-state index contributed by atoms with van der Waals surface area (Å²) in [7, 11) is 1.62. The smallest absolute Gasteiger partial charge is 0.126 e. The number of rotatable bonds is 4. The first kappa shape index (κ1) is 19.5. The van der Waals surface area contributed by atoms with Crippen molar-refractivity contribution in [1.29, 1.82) is 0 Å². The van der Waals surface area contributed by atoms with Gasteiger partial charge in [0.25, 0.3) is 0 Å². The fourth-order valence-electron chi connectivity index (χ4n) is 4.23. The highest BCUT2D eigenvalue weighted by atomic mass is 35.5. The highest BCUT2D eigenvalue weighted by Gasteiger charge is 2.43. The third-order valence-corrected chi connectivity index (χ3v) is 6.17. The van der Waals surface area contributed by atoms with Gasteiger partial charge in [-0.25, -0.2) is 0 Å². The zero-order chi connectivity index (χ0) is 19.7. The Morgan fingerprint density at radius 2 is 1.93 bits per heavy atom. The minimum absolute atomic E-state index is 0.345. The van der Waals surface area contributed by atoms with E-state index in [0.717, 1.165) is 48.6 Å². The van der Waals surface area contributed by atoms with E-state index in [2.05, 4.69) is 4.90 Å². The monoisotopic (exact) mass is 403 g/mol. The van der Waals surface area contributed by atoms with Gasteiger partial charge >= 0.3 is 0 Å². The number of fused-ring (bicyclic) bond motifs is 1. The molecule has 1 spiro atoms. The summed E-state index contributed by atoms with van der Waals surface area (Å²) < 4.78 is 11.6. The van der Waals surface area contributed by atoms with Gasteiger partial charge in [-0.2, -0.15) is 0 Å². The van der Waals surface area contributed by atoms with Crippen LogP contribution < -0.4 is 9.47 Å². The number of likely N-dealkylation sites (tertiary alicyclic amines) is 1. The maximum absolute atomic E-state index is 10.7. The van der Waals surface area contributed by atoms with E-state index in [1.54, 1.807) is 19.2 Å². The molecule has 0 radical (unpaired) electrons. The molecule has 1 fully saturated rings. The predicted octanol–water partition coefficient (Wildman–Crippen LogP) is 3.73. The Morgan fingerprint density at radius 1 is 1.21 bits per heavy atom. The van der Waals surface area contributed by atoms with Crippen LogP contribution in [0.25, 0.3) is 0 Å². The van der Waals surface area contributed by atoms with Gasteiger partial charge in [0.05, 0.1) is 19.3 Å². The summed E-state index contributed by atoms with van der Waals surface area (Å²) in [5.74, 6) is 1.47. The lowest BCUT2D eigenvalue weighted by atomic mass is 9.81. The molecule has 4 rings (SSSR count). The number of hydrogen-bond acceptors (Lipinski definition) is 5. The molecule has 2 N–H and O–H groups in total. The molecule has 2 aromatic carbocycles. The molecule has 0 amide bonds. The molecule has 2 aliphatic heterocycles. The van der Waals surface area contributed by atoms with Crippen molar-refractivity contribution < 1.29 is 19.7 Å². The van der Waals surface area contributed by atoms with Crippen LogP contribution in [0.3, 0.4) is 0 Å². The Hall–Kier alpha value is -1.79. The first-order valence-corrected chi connectivity index (χ1v) is 10.1. The molecule has 1 saturated heterocycles. The number of piperidine rings is 1. The first-order valence-electron chi connectivity index (χ1n) is 9.69. The largest absolute Gasteiger partial charge is 0.497 e. The van der Waals surface area contributed by atoms with Gasteiger partial charge < -0.3 is 24.6 Å². The normalized spacial score (nSPS) is 22.4. The molecule has 0 bridgehead atoms. The Morgan fingerprint density at radius 3 is 2.61 bits per heavy atom. The summed E-state index contributed by atoms with van der Waals surface area (Å²) in [5, 5.41) is 21.9. The molecule has 0 aliphatic carbocycles. The van der Waals surface area contributed by atoms with Crippen molar-refractivity contribution in [3.8, 4) is 11.5 Å². The van der Waals surface area contributed by atoms with Crippen LogP contribution in [0.4, 0.5) is 0 Å². The van der Waals surface area contributed by atoms with E-state index in [0.29, 0.717) is 18.0 Å². The molecule has 28 heavy (non-hydrogen) atoms. The summed E-state index contributed by atoms with van der Waals surface area (Å²) in [6.07, 6.45) is 1.13. The molecule has 150 valence electrons. The van der Waals surface area contributed by atoms with Crippen LogP contribution in [-0.4, -0.2) is 47.5 Å². The highest BCUT2D eigenvalue weighted by molar-refractivity contribution is 6.30. The summed E-state index contributed by atoms with van der Waals surface area (Å²) >= 11 is 5.92. The number of methoxy groups -OCH3 is 1. The van der Waals surface area contributed by atoms with Crippen LogP contribution >= 0.6 is 11.6 Å². The van der Waals surface area contributed by atoms with E-state index >= 15 is 0 Å². The fraction of sp³-hybridized carbons (Fsp3) is 0.455. The summed E-state index contributed by atoms with van der Waals surface area (Å²) in [6, 6.07) is 12.9. The van der Waals surface area contributed by atoms with Crippen molar-refractivity contribution in [1.82, 2.24) is 4.90 Å². The van der Waals surface area contributed by atoms with Crippen LogP contribution in [0.15, 0.2) is 42.5 Å². The highest BCUT2D eigenvalue weighted by Crippen LogP contribution is 2.45. The Balaban J connectivity index is 1.39. The molecule has 2 aromatic rings. The van der Waals surface area contributed by atoms with E-state index in [9.17, 15) is 10.2 Å². The van der Waals surface area contributed by atoms with E-state index in [1.165, 1.54) is 0 Å². The first-order chi connectivity index (χ1) is 13.5. The molecule has 5 nitrogen and oxygen atoms in total. The number of halogens is 1. The van der Waals surface area contributed by atoms with Crippen LogP contribution in [0.5, 0.6) is 11.5 Å². The van der Waals surface area contributed by atoms with Crippen molar-refractivity contribution in [3.05, 3.63) is 58.6 Å². The van der Waals surface area contributed by atoms with Gasteiger partial charge in [0.15, 0.2) is 0 Å². The maximum Gasteiger partial charge on any atom is 0.126 e. The second-order valence-corrected chi connectivity index (χ2v) is 8.21. The van der Waals surface area contributed by atoms with E-state index in [-0.39, 0.29) is 5.60 Å². The second kappa shape index (κ2) is 7.91. The number of aliphatic hydroxyl groups excluding tert-OH is 2. The Kier molecular flexibility index (Phi) is 5.52. The van der Waals surface area contributed by atoms with Crippen LogP contribution in [0, 0.1) is 0 Å². The zero-order valence-electron chi connectivity index (χ0n) is 16.0. The minimum Gasteiger partial charge on any atom is -0.497 e. The topological polar surface area (TPSA) is 62.2 Å². The van der Waals surface area contributed by atoms with Crippen molar-refractivity contribution in [3.63, 3.8) is 0 Å². The van der Waals surface area contributed by atoms with E-state index < -0.39 is 12.2 Å². The predicted molar refractivity (Wildman–Crippen MR) is 108 cm³/mol. The third-order valence-electron chi connectivity index (χ3n) is 5.92. The molecule has 0 saturated carbocycles. The molecule has 2 aliphatic rings. The fourth-order valence-corrected chi connectivity index (χ4v) is 4.35. The summed E-state index contributed by atoms with van der Waals surface area (Å²) in [6.45, 7) is 2.22. The second-order valence-electron chi connectivity index (χ2n) is 7.78. The number of aliphatic hydroxyl groups is 2. The van der Waals surface area contributed by atoms with Gasteiger partial charge in [0.2, 0.25) is 0 Å². The molecule has 6 heteroatoms. The lowest BCUT2D eigenvalue weighted by Gasteiger charge is -2.46. The number of nitrogens with zero attached hydrogens (tertiary/aromatic N) is 1. The van der Waals surface area contributed by atoms with Crippen LogP contribution in [0.2, 0.25) is 5.02 Å². The quantitative estimate of drug-likeness (QED) is 0.814. The van der Waals surface area contributed by atoms with Gasteiger partial charge in [-0.15, -0.1) is 0 Å². The SMILES string of the molecule is COc1ccc2c(c1)[C@H](O)CC1(CCN(C[C@@H](O)c3ccc(Cl)cc3)CC1)O2. The average Bonchev–Trinajstić information content (AvgIpc) is 2.70. The van der Waals surface area contributed by atoms with Gasteiger partial charge in [0.1, 0.15) is 17.1 Å². The van der Waals surface area contributed by atoms with Crippen molar-refractivity contribution in [2.75, 3.05) is 26.7 Å². The average molecular weight is 404 g/mol. The summed E-state index contributed by atoms with van der Waals surface area (Å²) in [4.78, 5) is 2.25. The molecule has 2 heterocycles. The molecular weight excluding hydrogens is 378 g/mol. The van der Waals surface area contributed by atoms with E-state index in [1.807, 2.05) is 30.3 Å². The molecular formula is C22H26ClNO4. The number of hydrogen-bond donors (Lipinski definition) is 2. The zero-order valence-corrected chi connectivity index (χ0v) is 16.7. The standard InChI is InChI=1S/C22H26ClNO4/c1-27-17-6-7-21-18(12-17)19(25)13-22(28-21)8-10-24(11-9-22)14-20(26)15-2-4-16(23)5-3-15/h2-7,12,19-20,25-26H,8-11,13-14H2,1H3/t19-,20-/m1/s1. The number of β-amino-alcohol motifs (C(OH)–C–C–N with tert-alkyl or cyclic N) is 1. The van der Waals surface area contributed by atoms with Crippen LogP contribution in [-0.2, 0) is 0 Å². The molecule has 0 aromatic heterocycles. The van der Waals surface area contributed by atoms with Crippen LogP contribution in [0.1, 0.15) is 42.6 Å². The lowest BCUT2D eigenvalue weighted by Crippen LogP contribution is -2.51. The number of benzene rings is 2. The molecule has 0 unspecified atom stereocenters. The number of ether oxygens (including phenoxy) is 2. The lowest BCUT2D eigenvalue weighted by molar-refractivity contribution is -0.0588. The van der Waals surface area contributed by atoms with Crippen molar-refractivity contribution >= 4 is 11.6 Å².